The van der Waals surface area contributed by atoms with Crippen molar-refractivity contribution >= 4 is 16.7 Å². The zero-order valence-electron chi connectivity index (χ0n) is 15.0. The second-order valence-corrected chi connectivity index (χ2v) is 6.89. The summed E-state index contributed by atoms with van der Waals surface area (Å²) in [5, 5.41) is 4.89. The molecular formula is C20H19N5O2. The molecule has 7 nitrogen and oxygen atoms in total. The van der Waals surface area contributed by atoms with E-state index in [9.17, 15) is 4.79 Å². The summed E-state index contributed by atoms with van der Waals surface area (Å²) in [4.78, 5) is 22.2. The zero-order chi connectivity index (χ0) is 18.4. The molecular weight excluding hydrogens is 342 g/mol. The Labute approximate surface area is 155 Å². The maximum absolute atomic E-state index is 13.5. The van der Waals surface area contributed by atoms with E-state index in [1.165, 1.54) is 6.33 Å². The topological polar surface area (TPSA) is 74.3 Å². The van der Waals surface area contributed by atoms with Crippen molar-refractivity contribution in [3.8, 4) is 17.0 Å². The van der Waals surface area contributed by atoms with Crippen LogP contribution in [0.2, 0.25) is 0 Å². The second kappa shape index (κ2) is 6.19. The summed E-state index contributed by atoms with van der Waals surface area (Å²) in [5.74, 6) is 1.19. The minimum absolute atomic E-state index is 0.0258. The Morgan fingerprint density at radius 3 is 2.85 bits per heavy atom. The van der Waals surface area contributed by atoms with Crippen molar-refractivity contribution in [2.24, 2.45) is 0 Å². The van der Waals surface area contributed by atoms with Crippen molar-refractivity contribution in [3.63, 3.8) is 0 Å². The second-order valence-electron chi connectivity index (χ2n) is 6.89. The standard InChI is InChI=1S/C20H19N5O2/c1-27-15-8-4-5-13(11-15)18-17-16(23-20-21-12-22-25(18)20)9-10-24(19(17)26)14-6-2-3-7-14/h4-5,8-12,14H,2-3,6-7H2,1H3. The monoisotopic (exact) mass is 361 g/mol. The maximum Gasteiger partial charge on any atom is 0.262 e. The highest BCUT2D eigenvalue weighted by atomic mass is 16.5. The summed E-state index contributed by atoms with van der Waals surface area (Å²) in [7, 11) is 1.63. The van der Waals surface area contributed by atoms with Crippen LogP contribution in [0.5, 0.6) is 5.75 Å². The van der Waals surface area contributed by atoms with Crippen LogP contribution in [0.1, 0.15) is 31.7 Å². The average Bonchev–Trinajstić information content (AvgIpc) is 3.38. The van der Waals surface area contributed by atoms with Gasteiger partial charge < -0.3 is 9.30 Å². The fourth-order valence-corrected chi connectivity index (χ4v) is 4.05. The first-order chi connectivity index (χ1) is 13.3. The third kappa shape index (κ3) is 2.50. The Morgan fingerprint density at radius 1 is 1.19 bits per heavy atom. The fourth-order valence-electron chi connectivity index (χ4n) is 4.05. The van der Waals surface area contributed by atoms with Gasteiger partial charge in [0.15, 0.2) is 0 Å². The third-order valence-electron chi connectivity index (χ3n) is 5.36. The Kier molecular flexibility index (Phi) is 3.67. The number of methoxy groups -OCH3 is 1. The van der Waals surface area contributed by atoms with E-state index >= 15 is 0 Å². The van der Waals surface area contributed by atoms with Crippen LogP contribution in [0.3, 0.4) is 0 Å². The molecule has 1 aliphatic carbocycles. The normalized spacial score (nSPS) is 15.0. The average molecular weight is 361 g/mol. The van der Waals surface area contributed by atoms with Gasteiger partial charge in [0.2, 0.25) is 0 Å². The number of rotatable bonds is 3. The van der Waals surface area contributed by atoms with Gasteiger partial charge in [-0.15, -0.1) is 0 Å². The molecule has 1 aromatic carbocycles. The molecule has 0 spiro atoms. The quantitative estimate of drug-likeness (QED) is 0.560. The van der Waals surface area contributed by atoms with Gasteiger partial charge in [-0.1, -0.05) is 25.0 Å². The zero-order valence-corrected chi connectivity index (χ0v) is 15.0. The summed E-state index contributed by atoms with van der Waals surface area (Å²) in [5.41, 5.74) is 2.15. The van der Waals surface area contributed by atoms with Gasteiger partial charge in [-0.05, 0) is 31.0 Å². The van der Waals surface area contributed by atoms with E-state index in [0.717, 1.165) is 37.0 Å². The van der Waals surface area contributed by atoms with E-state index in [1.807, 2.05) is 41.1 Å². The minimum atomic E-state index is -0.0258. The van der Waals surface area contributed by atoms with E-state index in [1.54, 1.807) is 11.6 Å². The van der Waals surface area contributed by atoms with Crippen LogP contribution < -0.4 is 10.3 Å². The van der Waals surface area contributed by atoms with E-state index in [2.05, 4.69) is 15.1 Å². The molecule has 5 rings (SSSR count). The van der Waals surface area contributed by atoms with Gasteiger partial charge in [0.05, 0.1) is 23.7 Å². The number of aromatic nitrogens is 5. The van der Waals surface area contributed by atoms with Crippen molar-refractivity contribution in [2.45, 2.75) is 31.7 Å². The molecule has 0 bridgehead atoms. The van der Waals surface area contributed by atoms with Gasteiger partial charge in [0.25, 0.3) is 11.3 Å². The van der Waals surface area contributed by atoms with Gasteiger partial charge in [0, 0.05) is 17.8 Å². The van der Waals surface area contributed by atoms with E-state index in [0.29, 0.717) is 22.4 Å². The number of fused-ring (bicyclic) bond motifs is 2. The highest BCUT2D eigenvalue weighted by molar-refractivity contribution is 5.93. The van der Waals surface area contributed by atoms with Crippen LogP contribution >= 0.6 is 0 Å². The van der Waals surface area contributed by atoms with Gasteiger partial charge in [-0.25, -0.2) is 4.98 Å². The highest BCUT2D eigenvalue weighted by Crippen LogP contribution is 2.31. The lowest BCUT2D eigenvalue weighted by Crippen LogP contribution is -2.24. The minimum Gasteiger partial charge on any atom is -0.497 e. The predicted molar refractivity (Wildman–Crippen MR) is 102 cm³/mol. The summed E-state index contributed by atoms with van der Waals surface area (Å²) in [6.07, 6.45) is 7.74. The van der Waals surface area contributed by atoms with Gasteiger partial charge in [-0.3, -0.25) is 4.79 Å². The first kappa shape index (κ1) is 16.0. The molecule has 1 saturated carbocycles. The lowest BCUT2D eigenvalue weighted by Gasteiger charge is -2.16. The summed E-state index contributed by atoms with van der Waals surface area (Å²) < 4.78 is 8.87. The molecule has 4 aromatic rings. The van der Waals surface area contributed by atoms with Gasteiger partial charge >= 0.3 is 0 Å². The third-order valence-corrected chi connectivity index (χ3v) is 5.36. The lowest BCUT2D eigenvalue weighted by atomic mass is 10.1. The van der Waals surface area contributed by atoms with Crippen molar-refractivity contribution in [1.29, 1.82) is 0 Å². The molecule has 0 aliphatic heterocycles. The Hall–Kier alpha value is -3.22. The molecule has 3 aromatic heterocycles. The fraction of sp³-hybridized carbons (Fsp3) is 0.300. The number of ether oxygens (including phenoxy) is 1. The van der Waals surface area contributed by atoms with Crippen LogP contribution in [0.15, 0.2) is 47.7 Å². The summed E-state index contributed by atoms with van der Waals surface area (Å²) in [6.45, 7) is 0. The van der Waals surface area contributed by atoms with Crippen LogP contribution in [0.4, 0.5) is 0 Å². The van der Waals surface area contributed by atoms with Crippen molar-refractivity contribution < 1.29 is 4.74 Å². The molecule has 0 radical (unpaired) electrons. The number of hydrogen-bond acceptors (Lipinski definition) is 5. The molecule has 1 aliphatic rings. The van der Waals surface area contributed by atoms with Crippen molar-refractivity contribution in [1.82, 2.24) is 24.1 Å². The lowest BCUT2D eigenvalue weighted by molar-refractivity contribution is 0.415. The van der Waals surface area contributed by atoms with Crippen molar-refractivity contribution in [3.05, 3.63) is 53.2 Å². The van der Waals surface area contributed by atoms with Gasteiger partial charge in [-0.2, -0.15) is 14.6 Å². The highest BCUT2D eigenvalue weighted by Gasteiger charge is 2.22. The Balaban J connectivity index is 1.88. The molecule has 0 saturated heterocycles. The van der Waals surface area contributed by atoms with E-state index in [4.69, 9.17) is 4.74 Å². The number of nitrogens with zero attached hydrogens (tertiary/aromatic N) is 5. The number of hydrogen-bond donors (Lipinski definition) is 0. The molecule has 1 fully saturated rings. The SMILES string of the molecule is COc1cccc(-c2c3c(=O)n(C4CCCC4)ccc3nc3ncnn23)c1. The smallest absolute Gasteiger partial charge is 0.262 e. The van der Waals surface area contributed by atoms with Crippen LogP contribution in [0, 0.1) is 0 Å². The molecule has 0 N–H and O–H groups in total. The molecule has 7 heteroatoms. The Bertz CT molecular complexity index is 1200. The van der Waals surface area contributed by atoms with E-state index < -0.39 is 0 Å². The van der Waals surface area contributed by atoms with Crippen LogP contribution in [0.25, 0.3) is 27.9 Å². The molecule has 0 atom stereocenters. The summed E-state index contributed by atoms with van der Waals surface area (Å²) in [6, 6.07) is 9.80. The van der Waals surface area contributed by atoms with Crippen LogP contribution in [-0.2, 0) is 0 Å². The van der Waals surface area contributed by atoms with Gasteiger partial charge in [0.1, 0.15) is 12.1 Å². The number of pyridine rings is 1. The first-order valence-corrected chi connectivity index (χ1v) is 9.15. The largest absolute Gasteiger partial charge is 0.497 e. The molecule has 3 heterocycles. The summed E-state index contributed by atoms with van der Waals surface area (Å²) >= 11 is 0. The molecule has 0 amide bonds. The van der Waals surface area contributed by atoms with E-state index in [-0.39, 0.29) is 11.6 Å². The maximum atomic E-state index is 13.5. The van der Waals surface area contributed by atoms with Crippen LogP contribution in [-0.4, -0.2) is 31.3 Å². The molecule has 27 heavy (non-hydrogen) atoms. The van der Waals surface area contributed by atoms with Crippen molar-refractivity contribution in [2.75, 3.05) is 7.11 Å². The Morgan fingerprint density at radius 2 is 2.04 bits per heavy atom. The first-order valence-electron chi connectivity index (χ1n) is 9.15. The predicted octanol–water partition coefficient (Wildman–Crippen LogP) is 3.23. The molecule has 0 unspecified atom stereocenters. The number of benzene rings is 1. The molecule has 136 valence electrons.